The van der Waals surface area contributed by atoms with Crippen molar-refractivity contribution in [1.29, 1.82) is 0 Å². The Hall–Kier alpha value is -3.07. The number of anilines is 1. The Morgan fingerprint density at radius 3 is 2.22 bits per heavy atom. The molecule has 5 rings (SSSR count). The summed E-state index contributed by atoms with van der Waals surface area (Å²) in [5, 5.41) is 8.59. The molecular weight excluding hydrogens is 464 g/mol. The van der Waals surface area contributed by atoms with E-state index in [0.29, 0.717) is 6.54 Å². The zero-order chi connectivity index (χ0) is 26.0. The van der Waals surface area contributed by atoms with Gasteiger partial charge in [0.25, 0.3) is 5.91 Å². The number of piperidine rings is 1. The standard InChI is InChI=1S/C25H34N8O.C3H8/c1-31-24-20(9-10-21(29-24)33-14-7-2-3-8-15-33)22(30-31)19-17-27-23(28-18-19)25(34)26-11-16-32-12-5-4-6-13-32;1-3-2/h9-10,17-18H,2-8,11-16H2,1H3,(H,26,34);3H2,1-2H3. The molecule has 9 nitrogen and oxygen atoms in total. The van der Waals surface area contributed by atoms with Gasteiger partial charge in [0.05, 0.1) is 0 Å². The van der Waals surface area contributed by atoms with Gasteiger partial charge in [-0.05, 0) is 50.9 Å². The molecule has 0 bridgehead atoms. The van der Waals surface area contributed by atoms with Crippen LogP contribution in [0.15, 0.2) is 24.5 Å². The smallest absolute Gasteiger partial charge is 0.289 e. The number of pyridine rings is 1. The van der Waals surface area contributed by atoms with Crippen molar-refractivity contribution < 1.29 is 4.79 Å². The highest BCUT2D eigenvalue weighted by atomic mass is 16.2. The van der Waals surface area contributed by atoms with Crippen LogP contribution in [0.4, 0.5) is 5.82 Å². The Balaban J connectivity index is 0.00000102. The van der Waals surface area contributed by atoms with Gasteiger partial charge < -0.3 is 15.1 Å². The Morgan fingerprint density at radius 2 is 1.54 bits per heavy atom. The Bertz CT molecular complexity index is 1130. The van der Waals surface area contributed by atoms with Gasteiger partial charge in [-0.25, -0.2) is 19.6 Å². The van der Waals surface area contributed by atoms with Gasteiger partial charge in [0, 0.05) is 56.6 Å². The van der Waals surface area contributed by atoms with Gasteiger partial charge >= 0.3 is 0 Å². The molecule has 0 aliphatic carbocycles. The highest BCUT2D eigenvalue weighted by Gasteiger charge is 2.18. The predicted molar refractivity (Wildman–Crippen MR) is 149 cm³/mol. The first-order valence-electron chi connectivity index (χ1n) is 14.0. The van der Waals surface area contributed by atoms with Crippen LogP contribution in [0.3, 0.4) is 0 Å². The maximum absolute atomic E-state index is 12.5. The molecule has 3 aromatic heterocycles. The largest absolute Gasteiger partial charge is 0.357 e. The summed E-state index contributed by atoms with van der Waals surface area (Å²) >= 11 is 0. The predicted octanol–water partition coefficient (Wildman–Crippen LogP) is 4.44. The zero-order valence-corrected chi connectivity index (χ0v) is 22.7. The molecule has 1 amide bonds. The molecule has 9 heteroatoms. The van der Waals surface area contributed by atoms with Crippen molar-refractivity contribution in [2.75, 3.05) is 44.2 Å². The minimum Gasteiger partial charge on any atom is -0.357 e. The lowest BCUT2D eigenvalue weighted by Gasteiger charge is -2.26. The van der Waals surface area contributed by atoms with Crippen LogP contribution >= 0.6 is 0 Å². The second kappa shape index (κ2) is 13.5. The second-order valence-corrected chi connectivity index (χ2v) is 10.1. The third-order valence-electron chi connectivity index (χ3n) is 6.89. The molecule has 0 spiro atoms. The van der Waals surface area contributed by atoms with Gasteiger partial charge in [-0.3, -0.25) is 4.79 Å². The maximum Gasteiger partial charge on any atom is 0.289 e. The van der Waals surface area contributed by atoms with E-state index < -0.39 is 0 Å². The van der Waals surface area contributed by atoms with Crippen LogP contribution in [0.25, 0.3) is 22.3 Å². The van der Waals surface area contributed by atoms with Crippen LogP contribution in [0.1, 0.15) is 75.8 Å². The van der Waals surface area contributed by atoms with Crippen molar-refractivity contribution in [3.05, 3.63) is 30.4 Å². The number of aryl methyl sites for hydroxylation is 1. The lowest BCUT2D eigenvalue weighted by Crippen LogP contribution is -2.38. The minimum atomic E-state index is -0.238. The summed E-state index contributed by atoms with van der Waals surface area (Å²) in [5.74, 6) is 0.958. The number of nitrogens with zero attached hydrogens (tertiary/aromatic N) is 7. The van der Waals surface area contributed by atoms with Gasteiger partial charge in [-0.1, -0.05) is 39.5 Å². The van der Waals surface area contributed by atoms with Gasteiger partial charge in [-0.15, -0.1) is 0 Å². The third kappa shape index (κ3) is 7.03. The molecule has 0 unspecified atom stereocenters. The van der Waals surface area contributed by atoms with Gasteiger partial charge in [0.2, 0.25) is 5.82 Å². The summed E-state index contributed by atoms with van der Waals surface area (Å²) in [5.41, 5.74) is 2.40. The first kappa shape index (κ1) is 27.0. The average Bonchev–Trinajstić information content (AvgIpc) is 3.08. The number of rotatable bonds is 6. The fourth-order valence-electron chi connectivity index (χ4n) is 4.97. The lowest BCUT2D eigenvalue weighted by molar-refractivity contribution is 0.0936. The quantitative estimate of drug-likeness (QED) is 0.528. The SMILES string of the molecule is CCC.Cn1nc(-c2cnc(C(=O)NCCN3CCCCC3)nc2)c2ccc(N3CCCCCC3)nc21. The minimum absolute atomic E-state index is 0.184. The van der Waals surface area contributed by atoms with Gasteiger partial charge in [-0.2, -0.15) is 5.10 Å². The van der Waals surface area contributed by atoms with Crippen LogP contribution in [-0.4, -0.2) is 74.8 Å². The Morgan fingerprint density at radius 1 is 0.919 bits per heavy atom. The number of hydrogen-bond donors (Lipinski definition) is 1. The molecule has 1 N–H and O–H groups in total. The van der Waals surface area contributed by atoms with Crippen molar-refractivity contribution in [1.82, 2.24) is 34.9 Å². The number of likely N-dealkylation sites (tertiary alicyclic amines) is 1. The summed E-state index contributed by atoms with van der Waals surface area (Å²) in [6.45, 7) is 10.1. The number of carbonyl (C=O) groups is 1. The number of fused-ring (bicyclic) bond motifs is 1. The molecular formula is C28H42N8O. The summed E-state index contributed by atoms with van der Waals surface area (Å²) in [6, 6.07) is 4.18. The van der Waals surface area contributed by atoms with E-state index in [1.807, 2.05) is 11.7 Å². The first-order valence-corrected chi connectivity index (χ1v) is 14.0. The van der Waals surface area contributed by atoms with Crippen molar-refractivity contribution >= 4 is 22.8 Å². The maximum atomic E-state index is 12.5. The van der Waals surface area contributed by atoms with E-state index in [1.54, 1.807) is 12.4 Å². The first-order chi connectivity index (χ1) is 18.1. The number of nitrogens with one attached hydrogen (secondary N) is 1. The second-order valence-electron chi connectivity index (χ2n) is 10.1. The number of hydrogen-bond acceptors (Lipinski definition) is 7. The molecule has 2 saturated heterocycles. The fourth-order valence-corrected chi connectivity index (χ4v) is 4.97. The molecule has 3 aromatic rings. The lowest BCUT2D eigenvalue weighted by atomic mass is 10.1. The molecule has 2 aliphatic rings. The van der Waals surface area contributed by atoms with Crippen LogP contribution in [0, 0.1) is 0 Å². The van der Waals surface area contributed by atoms with Crippen LogP contribution in [0.5, 0.6) is 0 Å². The highest BCUT2D eigenvalue weighted by molar-refractivity contribution is 5.93. The molecule has 2 fully saturated rings. The van der Waals surface area contributed by atoms with Crippen molar-refractivity contribution in [2.24, 2.45) is 7.05 Å². The summed E-state index contributed by atoms with van der Waals surface area (Å²) in [6.07, 6.45) is 13.4. The van der Waals surface area contributed by atoms with Crippen LogP contribution in [-0.2, 0) is 7.05 Å². The van der Waals surface area contributed by atoms with Crippen LogP contribution in [0.2, 0.25) is 0 Å². The van der Waals surface area contributed by atoms with E-state index in [2.05, 4.69) is 51.1 Å². The number of amides is 1. The molecule has 5 heterocycles. The average molecular weight is 507 g/mol. The van der Waals surface area contributed by atoms with E-state index in [9.17, 15) is 4.79 Å². The van der Waals surface area contributed by atoms with Crippen molar-refractivity contribution in [3.8, 4) is 11.3 Å². The Labute approximate surface area is 220 Å². The molecule has 37 heavy (non-hydrogen) atoms. The molecule has 0 atom stereocenters. The molecule has 200 valence electrons. The number of aromatic nitrogens is 5. The van der Waals surface area contributed by atoms with Gasteiger partial charge in [0.1, 0.15) is 11.5 Å². The summed E-state index contributed by atoms with van der Waals surface area (Å²) < 4.78 is 1.81. The van der Waals surface area contributed by atoms with E-state index in [1.165, 1.54) is 51.4 Å². The summed E-state index contributed by atoms with van der Waals surface area (Å²) in [7, 11) is 1.91. The zero-order valence-electron chi connectivity index (χ0n) is 22.7. The van der Waals surface area contributed by atoms with Crippen molar-refractivity contribution in [3.63, 3.8) is 0 Å². The van der Waals surface area contributed by atoms with E-state index in [0.717, 1.165) is 60.8 Å². The molecule has 0 saturated carbocycles. The topological polar surface area (TPSA) is 92.1 Å². The normalized spacial score (nSPS) is 16.7. The fraction of sp³-hybridized carbons (Fsp3) is 0.607. The Kier molecular flexibility index (Phi) is 9.82. The highest BCUT2D eigenvalue weighted by Crippen LogP contribution is 2.28. The summed E-state index contributed by atoms with van der Waals surface area (Å²) in [4.78, 5) is 30.8. The van der Waals surface area contributed by atoms with E-state index in [-0.39, 0.29) is 11.7 Å². The van der Waals surface area contributed by atoms with Gasteiger partial charge in [0.15, 0.2) is 5.65 Å². The molecule has 2 aliphatic heterocycles. The van der Waals surface area contributed by atoms with E-state index in [4.69, 9.17) is 10.1 Å². The van der Waals surface area contributed by atoms with Crippen LogP contribution < -0.4 is 10.2 Å². The van der Waals surface area contributed by atoms with E-state index >= 15 is 0 Å². The monoisotopic (exact) mass is 506 g/mol. The number of carbonyl (C=O) groups excluding carboxylic acids is 1. The third-order valence-corrected chi connectivity index (χ3v) is 6.89. The van der Waals surface area contributed by atoms with Crippen molar-refractivity contribution in [2.45, 2.75) is 65.2 Å². The molecule has 0 radical (unpaired) electrons. The molecule has 0 aromatic carbocycles.